The van der Waals surface area contributed by atoms with E-state index >= 15 is 0 Å². The van der Waals surface area contributed by atoms with Crippen LogP contribution in [0.1, 0.15) is 6.92 Å². The number of aliphatic imine (C=N–C) groups is 1. The van der Waals surface area contributed by atoms with Gasteiger partial charge in [0, 0.05) is 26.1 Å². The molecule has 29 heavy (non-hydrogen) atoms. The van der Waals surface area contributed by atoms with Crippen LogP contribution in [0.4, 0.5) is 15.8 Å². The lowest BCUT2D eigenvalue weighted by molar-refractivity contribution is -0.124. The van der Waals surface area contributed by atoms with Crippen LogP contribution in [0.2, 0.25) is 0 Å². The average Bonchev–Trinajstić information content (AvgIpc) is 2.70. The fraction of sp³-hybridized carbons (Fsp3) is 0.353. The highest BCUT2D eigenvalue weighted by atomic mass is 32.1. The van der Waals surface area contributed by atoms with Gasteiger partial charge >= 0.3 is 0 Å². The number of carbonyl (C=O) groups excluding carboxylic acids is 2. The zero-order valence-electron chi connectivity index (χ0n) is 16.1. The van der Waals surface area contributed by atoms with Crippen molar-refractivity contribution in [2.45, 2.75) is 6.92 Å². The SMILES string of the molecule is COC(=S)NCC(C=Nc1ccc(NCCNC(=O)CNC(C)=O)c(F)c1)=NN. The van der Waals surface area contributed by atoms with Gasteiger partial charge in [-0.3, -0.25) is 14.6 Å². The van der Waals surface area contributed by atoms with E-state index in [-0.39, 0.29) is 42.3 Å². The summed E-state index contributed by atoms with van der Waals surface area (Å²) in [7, 11) is 1.43. The van der Waals surface area contributed by atoms with Gasteiger partial charge in [-0.2, -0.15) is 5.10 Å². The Balaban J connectivity index is 2.49. The smallest absolute Gasteiger partial charge is 0.256 e. The molecule has 0 aliphatic rings. The van der Waals surface area contributed by atoms with Crippen LogP contribution in [-0.4, -0.2) is 62.2 Å². The maximum absolute atomic E-state index is 14.2. The number of nitrogens with two attached hydrogens (primary N) is 1. The average molecular weight is 425 g/mol. The molecule has 0 aromatic heterocycles. The largest absolute Gasteiger partial charge is 0.474 e. The molecular weight excluding hydrogens is 401 g/mol. The van der Waals surface area contributed by atoms with E-state index in [1.54, 1.807) is 6.07 Å². The minimum atomic E-state index is -0.505. The molecule has 0 spiro atoms. The van der Waals surface area contributed by atoms with Crippen molar-refractivity contribution in [2.24, 2.45) is 15.9 Å². The molecule has 0 saturated carbocycles. The molecule has 0 atom stereocenters. The van der Waals surface area contributed by atoms with Crippen molar-refractivity contribution in [3.8, 4) is 0 Å². The zero-order valence-corrected chi connectivity index (χ0v) is 16.9. The quantitative estimate of drug-likeness (QED) is 0.117. The van der Waals surface area contributed by atoms with Gasteiger partial charge in [0.1, 0.15) is 5.82 Å². The second-order valence-electron chi connectivity index (χ2n) is 5.57. The number of thiocarbonyl (C=S) groups is 1. The first-order valence-electron chi connectivity index (χ1n) is 8.53. The number of benzene rings is 1. The van der Waals surface area contributed by atoms with Crippen LogP contribution in [0.5, 0.6) is 0 Å². The van der Waals surface area contributed by atoms with Crippen molar-refractivity contribution in [2.75, 3.05) is 38.6 Å². The number of ether oxygens (including phenoxy) is 1. The highest BCUT2D eigenvalue weighted by molar-refractivity contribution is 7.80. The molecule has 0 fully saturated rings. The van der Waals surface area contributed by atoms with Gasteiger partial charge in [-0.15, -0.1) is 0 Å². The van der Waals surface area contributed by atoms with E-state index in [0.29, 0.717) is 17.9 Å². The molecule has 0 saturated heterocycles. The Morgan fingerprint density at radius 2 is 2.00 bits per heavy atom. The number of methoxy groups -OCH3 is 1. The third kappa shape index (κ3) is 10.0. The highest BCUT2D eigenvalue weighted by Crippen LogP contribution is 2.20. The van der Waals surface area contributed by atoms with E-state index in [0.717, 1.165) is 0 Å². The maximum Gasteiger partial charge on any atom is 0.256 e. The molecule has 0 unspecified atom stereocenters. The molecule has 12 heteroatoms. The van der Waals surface area contributed by atoms with Crippen LogP contribution >= 0.6 is 12.2 Å². The standard InChI is InChI=1S/C17H24FN7O3S/c1-11(26)22-10-16(27)21-6-5-20-15-4-3-12(7-14(15)18)23-8-13(25-19)9-24-17(29)28-2/h3-4,7-8,20H,5-6,9-10,19H2,1-2H3,(H,21,27)(H,22,26)(H,24,29). The van der Waals surface area contributed by atoms with Gasteiger partial charge in [-0.05, 0) is 24.4 Å². The first-order valence-corrected chi connectivity index (χ1v) is 8.93. The number of halogens is 1. The second-order valence-corrected chi connectivity index (χ2v) is 5.95. The molecule has 0 radical (unpaired) electrons. The van der Waals surface area contributed by atoms with Crippen LogP contribution in [0.15, 0.2) is 28.3 Å². The number of anilines is 1. The third-order valence-electron chi connectivity index (χ3n) is 3.34. The molecule has 0 aliphatic heterocycles. The summed E-state index contributed by atoms with van der Waals surface area (Å²) in [6, 6.07) is 4.38. The number of nitrogens with one attached hydrogen (secondary N) is 4. The van der Waals surface area contributed by atoms with Gasteiger partial charge in [0.25, 0.3) is 5.17 Å². The molecule has 0 bridgehead atoms. The minimum absolute atomic E-state index is 0.0999. The van der Waals surface area contributed by atoms with Crippen LogP contribution < -0.4 is 27.1 Å². The van der Waals surface area contributed by atoms with Crippen molar-refractivity contribution >= 4 is 52.5 Å². The summed E-state index contributed by atoms with van der Waals surface area (Å²) in [5.41, 5.74) is 1.02. The van der Waals surface area contributed by atoms with Gasteiger partial charge in [-0.25, -0.2) is 4.39 Å². The summed E-state index contributed by atoms with van der Waals surface area (Å²) in [5, 5.41) is 14.4. The zero-order chi connectivity index (χ0) is 21.6. The van der Waals surface area contributed by atoms with Crippen molar-refractivity contribution in [3.63, 3.8) is 0 Å². The molecule has 158 valence electrons. The predicted octanol–water partition coefficient (Wildman–Crippen LogP) is 0.0278. The molecule has 10 nitrogen and oxygen atoms in total. The number of nitrogens with zero attached hydrogens (tertiary/aromatic N) is 2. The molecule has 1 aromatic carbocycles. The Hall–Kier alpha value is -3.28. The Morgan fingerprint density at radius 3 is 2.62 bits per heavy atom. The maximum atomic E-state index is 14.2. The summed E-state index contributed by atoms with van der Waals surface area (Å²) in [6.45, 7) is 2.01. The van der Waals surface area contributed by atoms with Gasteiger partial charge in [0.05, 0.1) is 43.5 Å². The van der Waals surface area contributed by atoms with E-state index in [4.69, 9.17) is 22.8 Å². The predicted molar refractivity (Wildman–Crippen MR) is 114 cm³/mol. The molecule has 1 aromatic rings. The number of carbonyl (C=O) groups is 2. The summed E-state index contributed by atoms with van der Waals surface area (Å²) >= 11 is 4.84. The van der Waals surface area contributed by atoms with Gasteiger partial charge in [-0.1, -0.05) is 0 Å². The lowest BCUT2D eigenvalue weighted by atomic mass is 10.2. The van der Waals surface area contributed by atoms with Gasteiger partial charge in [0.2, 0.25) is 11.8 Å². The van der Waals surface area contributed by atoms with Crippen molar-refractivity contribution < 1.29 is 18.7 Å². The molecule has 2 amide bonds. The van der Waals surface area contributed by atoms with Crippen molar-refractivity contribution in [1.82, 2.24) is 16.0 Å². The number of hydrazone groups is 1. The van der Waals surface area contributed by atoms with Gasteiger partial charge < -0.3 is 31.8 Å². The molecular formula is C17H24FN7O3S. The topological polar surface area (TPSA) is 142 Å². The number of rotatable bonds is 10. The summed E-state index contributed by atoms with van der Waals surface area (Å²) in [6.07, 6.45) is 1.39. The third-order valence-corrected chi connectivity index (χ3v) is 3.65. The van der Waals surface area contributed by atoms with Crippen LogP contribution in [0.3, 0.4) is 0 Å². The van der Waals surface area contributed by atoms with Crippen LogP contribution in [0, 0.1) is 5.82 Å². The van der Waals surface area contributed by atoms with E-state index in [1.807, 2.05) is 0 Å². The Labute approximate surface area is 173 Å². The molecule has 0 aliphatic carbocycles. The van der Waals surface area contributed by atoms with E-state index < -0.39 is 5.82 Å². The van der Waals surface area contributed by atoms with Crippen LogP contribution in [0.25, 0.3) is 0 Å². The van der Waals surface area contributed by atoms with Crippen LogP contribution in [-0.2, 0) is 14.3 Å². The fourth-order valence-electron chi connectivity index (χ4n) is 1.90. The number of hydrogen-bond acceptors (Lipinski definition) is 8. The summed E-state index contributed by atoms with van der Waals surface area (Å²) < 4.78 is 19.0. The minimum Gasteiger partial charge on any atom is -0.474 e. The Morgan fingerprint density at radius 1 is 1.24 bits per heavy atom. The Bertz CT molecular complexity index is 786. The monoisotopic (exact) mass is 425 g/mol. The normalized spacial score (nSPS) is 11.1. The van der Waals surface area contributed by atoms with Crippen molar-refractivity contribution in [1.29, 1.82) is 0 Å². The van der Waals surface area contributed by atoms with E-state index in [9.17, 15) is 14.0 Å². The summed E-state index contributed by atoms with van der Waals surface area (Å²) in [5.74, 6) is 4.16. The van der Waals surface area contributed by atoms with E-state index in [2.05, 4.69) is 31.4 Å². The Kier molecular flexibility index (Phi) is 10.6. The van der Waals surface area contributed by atoms with Gasteiger partial charge in [0.15, 0.2) is 0 Å². The molecule has 0 heterocycles. The highest BCUT2D eigenvalue weighted by Gasteiger charge is 2.05. The lowest BCUT2D eigenvalue weighted by Gasteiger charge is -2.09. The lowest BCUT2D eigenvalue weighted by Crippen LogP contribution is -2.37. The van der Waals surface area contributed by atoms with Crippen molar-refractivity contribution in [3.05, 3.63) is 24.0 Å². The number of amides is 2. The molecule has 6 N–H and O–H groups in total. The summed E-state index contributed by atoms with van der Waals surface area (Å²) in [4.78, 5) is 26.3. The number of hydrogen-bond donors (Lipinski definition) is 5. The second kappa shape index (κ2) is 13.0. The first-order chi connectivity index (χ1) is 13.8. The first kappa shape index (κ1) is 23.8. The fourth-order valence-corrected chi connectivity index (χ4v) is 1.97. The van der Waals surface area contributed by atoms with E-state index in [1.165, 1.54) is 32.4 Å². The molecule has 1 rings (SSSR count).